The maximum atomic E-state index is 4.37. The zero-order chi connectivity index (χ0) is 12.8. The van der Waals surface area contributed by atoms with Crippen molar-refractivity contribution in [2.24, 2.45) is 0 Å². The summed E-state index contributed by atoms with van der Waals surface area (Å²) >= 11 is 2.14. The SMILES string of the molecule is CCn1cc(C(CSC2CCCCC2)NC)cn1. The zero-order valence-electron chi connectivity index (χ0n) is 11.6. The molecule has 2 rings (SSSR count). The van der Waals surface area contributed by atoms with E-state index in [0.29, 0.717) is 6.04 Å². The van der Waals surface area contributed by atoms with E-state index in [-0.39, 0.29) is 0 Å². The van der Waals surface area contributed by atoms with E-state index < -0.39 is 0 Å². The molecule has 1 atom stereocenters. The van der Waals surface area contributed by atoms with Crippen molar-refractivity contribution in [2.45, 2.75) is 56.9 Å². The van der Waals surface area contributed by atoms with E-state index >= 15 is 0 Å². The first-order valence-corrected chi connectivity index (χ1v) is 8.19. The Balaban J connectivity index is 1.84. The lowest BCUT2D eigenvalue weighted by Gasteiger charge is -2.23. The highest BCUT2D eigenvalue weighted by molar-refractivity contribution is 7.99. The Kier molecular flexibility index (Phi) is 5.57. The molecule has 18 heavy (non-hydrogen) atoms. The van der Waals surface area contributed by atoms with Crippen LogP contribution in [-0.4, -0.2) is 27.8 Å². The Morgan fingerprint density at radius 2 is 2.22 bits per heavy atom. The molecule has 1 N–H and O–H groups in total. The second kappa shape index (κ2) is 7.19. The summed E-state index contributed by atoms with van der Waals surface area (Å²) < 4.78 is 2.00. The molecule has 3 nitrogen and oxygen atoms in total. The van der Waals surface area contributed by atoms with E-state index in [1.165, 1.54) is 37.7 Å². The van der Waals surface area contributed by atoms with Gasteiger partial charge in [-0.05, 0) is 26.8 Å². The monoisotopic (exact) mass is 267 g/mol. The molecule has 0 amide bonds. The van der Waals surface area contributed by atoms with Crippen molar-refractivity contribution < 1.29 is 0 Å². The Morgan fingerprint density at radius 3 is 2.83 bits per heavy atom. The summed E-state index contributed by atoms with van der Waals surface area (Å²) in [6.07, 6.45) is 11.3. The van der Waals surface area contributed by atoms with Gasteiger partial charge < -0.3 is 5.32 Å². The van der Waals surface area contributed by atoms with E-state index in [4.69, 9.17) is 0 Å². The summed E-state index contributed by atoms with van der Waals surface area (Å²) in [5.41, 5.74) is 1.32. The molecule has 1 fully saturated rings. The van der Waals surface area contributed by atoms with Gasteiger partial charge in [-0.25, -0.2) is 0 Å². The van der Waals surface area contributed by atoms with Gasteiger partial charge in [-0.3, -0.25) is 4.68 Å². The molecule has 1 aliphatic carbocycles. The highest BCUT2D eigenvalue weighted by Gasteiger charge is 2.17. The van der Waals surface area contributed by atoms with E-state index in [1.807, 2.05) is 10.9 Å². The normalized spacial score (nSPS) is 19.0. The first-order chi connectivity index (χ1) is 8.83. The van der Waals surface area contributed by atoms with Gasteiger partial charge in [0.2, 0.25) is 0 Å². The molecule has 1 heterocycles. The molecule has 0 spiro atoms. The Morgan fingerprint density at radius 1 is 1.44 bits per heavy atom. The lowest BCUT2D eigenvalue weighted by Crippen LogP contribution is -2.20. The van der Waals surface area contributed by atoms with Crippen molar-refractivity contribution in [1.82, 2.24) is 15.1 Å². The van der Waals surface area contributed by atoms with E-state index in [9.17, 15) is 0 Å². The average molecular weight is 267 g/mol. The minimum atomic E-state index is 0.442. The van der Waals surface area contributed by atoms with E-state index in [0.717, 1.165) is 17.5 Å². The first kappa shape index (κ1) is 13.9. The molecule has 1 unspecified atom stereocenters. The minimum absolute atomic E-state index is 0.442. The quantitative estimate of drug-likeness (QED) is 0.858. The summed E-state index contributed by atoms with van der Waals surface area (Å²) in [4.78, 5) is 0. The fourth-order valence-electron chi connectivity index (χ4n) is 2.54. The van der Waals surface area contributed by atoms with Crippen LogP contribution < -0.4 is 5.32 Å². The molecular formula is C14H25N3S. The fourth-order valence-corrected chi connectivity index (χ4v) is 4.03. The van der Waals surface area contributed by atoms with Crippen molar-refractivity contribution >= 4 is 11.8 Å². The molecule has 1 aliphatic rings. The Labute approximate surface area is 115 Å². The molecule has 1 saturated carbocycles. The van der Waals surface area contributed by atoms with Gasteiger partial charge in [0.25, 0.3) is 0 Å². The van der Waals surface area contributed by atoms with Gasteiger partial charge in [0.15, 0.2) is 0 Å². The van der Waals surface area contributed by atoms with Gasteiger partial charge in [0.05, 0.1) is 6.20 Å². The third-order valence-electron chi connectivity index (χ3n) is 3.78. The van der Waals surface area contributed by atoms with Crippen LogP contribution in [0.3, 0.4) is 0 Å². The molecular weight excluding hydrogens is 242 g/mol. The second-order valence-corrected chi connectivity index (χ2v) is 6.40. The molecule has 0 saturated heterocycles. The van der Waals surface area contributed by atoms with Gasteiger partial charge in [0.1, 0.15) is 0 Å². The molecule has 1 aromatic heterocycles. The largest absolute Gasteiger partial charge is 0.312 e. The second-order valence-electron chi connectivity index (χ2n) is 5.06. The molecule has 0 radical (unpaired) electrons. The van der Waals surface area contributed by atoms with Gasteiger partial charge in [0, 0.05) is 35.3 Å². The zero-order valence-corrected chi connectivity index (χ0v) is 12.4. The summed E-state index contributed by atoms with van der Waals surface area (Å²) in [5.74, 6) is 1.16. The van der Waals surface area contributed by atoms with Crippen LogP contribution in [0.2, 0.25) is 0 Å². The van der Waals surface area contributed by atoms with E-state index in [2.05, 4.69) is 42.3 Å². The number of rotatable bonds is 6. The van der Waals surface area contributed by atoms with Crippen molar-refractivity contribution in [3.05, 3.63) is 18.0 Å². The maximum Gasteiger partial charge on any atom is 0.0537 e. The number of thioether (sulfide) groups is 1. The van der Waals surface area contributed by atoms with Crippen LogP contribution in [0.5, 0.6) is 0 Å². The highest BCUT2D eigenvalue weighted by atomic mass is 32.2. The number of aryl methyl sites for hydroxylation is 1. The summed E-state index contributed by atoms with van der Waals surface area (Å²) in [7, 11) is 2.05. The summed E-state index contributed by atoms with van der Waals surface area (Å²) in [6, 6.07) is 0.442. The van der Waals surface area contributed by atoms with Gasteiger partial charge >= 0.3 is 0 Å². The van der Waals surface area contributed by atoms with Gasteiger partial charge in [-0.2, -0.15) is 16.9 Å². The third-order valence-corrected chi connectivity index (χ3v) is 5.25. The van der Waals surface area contributed by atoms with Crippen LogP contribution in [0.15, 0.2) is 12.4 Å². The predicted octanol–water partition coefficient (Wildman–Crippen LogP) is 3.23. The van der Waals surface area contributed by atoms with Crippen LogP contribution >= 0.6 is 11.8 Å². The van der Waals surface area contributed by atoms with Crippen LogP contribution in [-0.2, 0) is 6.54 Å². The highest BCUT2D eigenvalue weighted by Crippen LogP contribution is 2.30. The van der Waals surface area contributed by atoms with E-state index in [1.54, 1.807) is 0 Å². The minimum Gasteiger partial charge on any atom is -0.312 e. The van der Waals surface area contributed by atoms with Crippen molar-refractivity contribution in [3.63, 3.8) is 0 Å². The number of aromatic nitrogens is 2. The van der Waals surface area contributed by atoms with Crippen LogP contribution in [0, 0.1) is 0 Å². The van der Waals surface area contributed by atoms with Crippen LogP contribution in [0.1, 0.15) is 50.6 Å². The lowest BCUT2D eigenvalue weighted by molar-refractivity contribution is 0.514. The molecule has 0 bridgehead atoms. The molecule has 4 heteroatoms. The number of hydrogen-bond acceptors (Lipinski definition) is 3. The van der Waals surface area contributed by atoms with Gasteiger partial charge in [-0.15, -0.1) is 0 Å². The maximum absolute atomic E-state index is 4.37. The van der Waals surface area contributed by atoms with Crippen LogP contribution in [0.25, 0.3) is 0 Å². The summed E-state index contributed by atoms with van der Waals surface area (Å²) in [5, 5.41) is 8.67. The van der Waals surface area contributed by atoms with Crippen molar-refractivity contribution in [3.8, 4) is 0 Å². The number of hydrogen-bond donors (Lipinski definition) is 1. The van der Waals surface area contributed by atoms with Crippen molar-refractivity contribution in [2.75, 3.05) is 12.8 Å². The summed E-state index contributed by atoms with van der Waals surface area (Å²) in [6.45, 7) is 3.08. The topological polar surface area (TPSA) is 29.9 Å². The number of nitrogens with one attached hydrogen (secondary N) is 1. The van der Waals surface area contributed by atoms with Gasteiger partial charge in [-0.1, -0.05) is 19.3 Å². The first-order valence-electron chi connectivity index (χ1n) is 7.14. The Hall–Kier alpha value is -0.480. The molecule has 0 aromatic carbocycles. The predicted molar refractivity (Wildman–Crippen MR) is 79.0 cm³/mol. The molecule has 102 valence electrons. The lowest BCUT2D eigenvalue weighted by atomic mass is 10.0. The van der Waals surface area contributed by atoms with Crippen molar-refractivity contribution in [1.29, 1.82) is 0 Å². The average Bonchev–Trinajstić information content (AvgIpc) is 2.89. The number of nitrogens with zero attached hydrogens (tertiary/aromatic N) is 2. The third kappa shape index (κ3) is 3.75. The smallest absolute Gasteiger partial charge is 0.0537 e. The standard InChI is InChI=1S/C14H25N3S/c1-3-17-10-12(9-16-17)14(15-2)11-18-13-7-5-4-6-8-13/h9-10,13-15H,3-8,11H2,1-2H3. The molecule has 0 aliphatic heterocycles. The molecule has 1 aromatic rings. The Bertz CT molecular complexity index is 345. The fraction of sp³-hybridized carbons (Fsp3) is 0.786. The van der Waals surface area contributed by atoms with Crippen LogP contribution in [0.4, 0.5) is 0 Å².